The van der Waals surface area contributed by atoms with Gasteiger partial charge in [-0.3, -0.25) is 4.79 Å². The molecule has 0 bridgehead atoms. The van der Waals surface area contributed by atoms with Crippen molar-refractivity contribution < 1.29 is 9.18 Å². The molecule has 2 rings (SSSR count). The molecule has 15 heavy (non-hydrogen) atoms. The predicted octanol–water partition coefficient (Wildman–Crippen LogP) is 1.85. The van der Waals surface area contributed by atoms with Gasteiger partial charge in [0, 0.05) is 18.8 Å². The first-order valence-electron chi connectivity index (χ1n) is 4.93. The Morgan fingerprint density at radius 1 is 1.60 bits per heavy atom. The Balaban J connectivity index is 2.25. The first-order chi connectivity index (χ1) is 7.04. The molecule has 0 N–H and O–H groups in total. The summed E-state index contributed by atoms with van der Waals surface area (Å²) in [5, 5.41) is 0. The van der Waals surface area contributed by atoms with Gasteiger partial charge in [-0.25, -0.2) is 9.37 Å². The highest BCUT2D eigenvalue weighted by molar-refractivity contribution is 5.93. The topological polar surface area (TPSA) is 33.2 Å². The summed E-state index contributed by atoms with van der Waals surface area (Å²) in [6, 6.07) is 2.73. The molecule has 0 spiro atoms. The van der Waals surface area contributed by atoms with Crippen LogP contribution in [0.15, 0.2) is 18.3 Å². The number of hydrogen-bond acceptors (Lipinski definition) is 2. The summed E-state index contributed by atoms with van der Waals surface area (Å²) in [7, 11) is 1.70. The Morgan fingerprint density at radius 2 is 2.27 bits per heavy atom. The number of pyridine rings is 1. The molecule has 1 aliphatic rings. The van der Waals surface area contributed by atoms with Crippen molar-refractivity contribution in [3.63, 3.8) is 0 Å². The average molecular weight is 208 g/mol. The van der Waals surface area contributed by atoms with Crippen molar-refractivity contribution in [3.8, 4) is 0 Å². The fourth-order valence-electron chi connectivity index (χ4n) is 1.46. The van der Waals surface area contributed by atoms with Crippen LogP contribution in [-0.2, 0) is 0 Å². The Kier molecular flexibility index (Phi) is 2.21. The van der Waals surface area contributed by atoms with Crippen LogP contribution >= 0.6 is 0 Å². The Hall–Kier alpha value is -1.45. The van der Waals surface area contributed by atoms with E-state index in [9.17, 15) is 9.18 Å². The van der Waals surface area contributed by atoms with E-state index in [-0.39, 0.29) is 17.1 Å². The first-order valence-corrected chi connectivity index (χ1v) is 4.93. The number of carbonyl (C=O) groups is 1. The molecule has 1 amide bonds. The number of nitrogens with zero attached hydrogens (tertiary/aromatic N) is 2. The van der Waals surface area contributed by atoms with Crippen LogP contribution in [0.5, 0.6) is 0 Å². The van der Waals surface area contributed by atoms with Gasteiger partial charge in [0.15, 0.2) is 11.5 Å². The number of halogens is 1. The monoisotopic (exact) mass is 208 g/mol. The molecule has 1 aliphatic carbocycles. The van der Waals surface area contributed by atoms with Crippen molar-refractivity contribution in [1.29, 1.82) is 0 Å². The molecule has 1 fully saturated rings. The molecule has 0 atom stereocenters. The minimum Gasteiger partial charge on any atom is -0.335 e. The van der Waals surface area contributed by atoms with Gasteiger partial charge in [-0.2, -0.15) is 0 Å². The molecule has 0 saturated heterocycles. The van der Waals surface area contributed by atoms with E-state index in [0.29, 0.717) is 0 Å². The summed E-state index contributed by atoms with van der Waals surface area (Å²) in [6.07, 6.45) is 3.38. The zero-order valence-corrected chi connectivity index (χ0v) is 8.83. The maximum absolute atomic E-state index is 13.3. The second-order valence-corrected chi connectivity index (χ2v) is 4.19. The van der Waals surface area contributed by atoms with Crippen molar-refractivity contribution in [1.82, 2.24) is 9.88 Å². The summed E-state index contributed by atoms with van der Waals surface area (Å²) in [5.41, 5.74) is -0.186. The predicted molar refractivity (Wildman–Crippen MR) is 53.9 cm³/mol. The molecule has 0 aliphatic heterocycles. The molecular formula is C11H13FN2O. The lowest BCUT2D eigenvalue weighted by atomic mass is 10.2. The largest absolute Gasteiger partial charge is 0.335 e. The molecule has 1 heterocycles. The highest BCUT2D eigenvalue weighted by Crippen LogP contribution is 2.40. The summed E-state index contributed by atoms with van der Waals surface area (Å²) in [5.74, 6) is -0.897. The fourth-order valence-corrected chi connectivity index (χ4v) is 1.46. The van der Waals surface area contributed by atoms with Crippen LogP contribution < -0.4 is 0 Å². The lowest BCUT2D eigenvalue weighted by molar-refractivity contribution is 0.0712. The molecule has 80 valence electrons. The van der Waals surface area contributed by atoms with Crippen LogP contribution in [0.25, 0.3) is 0 Å². The molecular weight excluding hydrogens is 195 g/mol. The van der Waals surface area contributed by atoms with E-state index in [1.54, 1.807) is 11.9 Å². The van der Waals surface area contributed by atoms with Crippen LogP contribution in [0.3, 0.4) is 0 Å². The van der Waals surface area contributed by atoms with Gasteiger partial charge in [0.1, 0.15) is 0 Å². The van der Waals surface area contributed by atoms with Crippen LogP contribution in [0.4, 0.5) is 4.39 Å². The van der Waals surface area contributed by atoms with E-state index in [4.69, 9.17) is 0 Å². The van der Waals surface area contributed by atoms with Gasteiger partial charge in [-0.05, 0) is 31.9 Å². The molecule has 4 heteroatoms. The SMILES string of the molecule is CN(C(=O)c1ncccc1F)C1(C)CC1. The second kappa shape index (κ2) is 3.29. The standard InChI is InChI=1S/C11H13FN2O/c1-11(5-6-11)14(2)10(15)9-8(12)4-3-7-13-9/h3-4,7H,5-6H2,1-2H3. The van der Waals surface area contributed by atoms with Gasteiger partial charge >= 0.3 is 0 Å². The van der Waals surface area contributed by atoms with Gasteiger partial charge in [0.2, 0.25) is 0 Å². The van der Waals surface area contributed by atoms with Gasteiger partial charge in [0.25, 0.3) is 5.91 Å². The highest BCUT2D eigenvalue weighted by atomic mass is 19.1. The van der Waals surface area contributed by atoms with Gasteiger partial charge in [-0.15, -0.1) is 0 Å². The van der Waals surface area contributed by atoms with Crippen molar-refractivity contribution in [2.45, 2.75) is 25.3 Å². The van der Waals surface area contributed by atoms with E-state index in [1.165, 1.54) is 18.3 Å². The molecule has 0 radical (unpaired) electrons. The maximum atomic E-state index is 13.3. The summed E-state index contributed by atoms with van der Waals surface area (Å²) in [4.78, 5) is 17.2. The quantitative estimate of drug-likeness (QED) is 0.743. The van der Waals surface area contributed by atoms with E-state index in [1.807, 2.05) is 6.92 Å². The lowest BCUT2D eigenvalue weighted by Crippen LogP contribution is -2.37. The minimum absolute atomic E-state index is 0.0897. The number of carbonyl (C=O) groups excluding carboxylic acids is 1. The van der Waals surface area contributed by atoms with Crippen molar-refractivity contribution >= 4 is 5.91 Å². The number of hydrogen-bond donors (Lipinski definition) is 0. The van der Waals surface area contributed by atoms with Gasteiger partial charge in [0.05, 0.1) is 0 Å². The Labute approximate surface area is 87.9 Å². The summed E-state index contributed by atoms with van der Waals surface area (Å²) < 4.78 is 13.3. The van der Waals surface area contributed by atoms with Crippen LogP contribution in [0, 0.1) is 5.82 Å². The normalized spacial score (nSPS) is 17.3. The van der Waals surface area contributed by atoms with Gasteiger partial charge < -0.3 is 4.90 Å². The van der Waals surface area contributed by atoms with E-state index >= 15 is 0 Å². The number of aromatic nitrogens is 1. The van der Waals surface area contributed by atoms with Crippen LogP contribution in [0.1, 0.15) is 30.3 Å². The molecule has 3 nitrogen and oxygen atoms in total. The molecule has 1 aromatic heterocycles. The number of rotatable bonds is 2. The molecule has 1 saturated carbocycles. The maximum Gasteiger partial charge on any atom is 0.275 e. The van der Waals surface area contributed by atoms with Crippen molar-refractivity contribution in [2.75, 3.05) is 7.05 Å². The van der Waals surface area contributed by atoms with Gasteiger partial charge in [-0.1, -0.05) is 0 Å². The van der Waals surface area contributed by atoms with Crippen molar-refractivity contribution in [3.05, 3.63) is 29.8 Å². The number of amides is 1. The Bertz CT molecular complexity index is 401. The van der Waals surface area contributed by atoms with Crippen LogP contribution in [0.2, 0.25) is 0 Å². The third-order valence-electron chi connectivity index (χ3n) is 3.05. The first kappa shape index (κ1) is 10.1. The van der Waals surface area contributed by atoms with E-state index in [0.717, 1.165) is 12.8 Å². The third kappa shape index (κ3) is 1.71. The zero-order chi connectivity index (χ0) is 11.1. The third-order valence-corrected chi connectivity index (χ3v) is 3.05. The highest BCUT2D eigenvalue weighted by Gasteiger charge is 2.44. The van der Waals surface area contributed by atoms with E-state index < -0.39 is 5.82 Å². The van der Waals surface area contributed by atoms with E-state index in [2.05, 4.69) is 4.98 Å². The molecule has 0 unspecified atom stereocenters. The summed E-state index contributed by atoms with van der Waals surface area (Å²) >= 11 is 0. The fraction of sp³-hybridized carbons (Fsp3) is 0.455. The second-order valence-electron chi connectivity index (χ2n) is 4.19. The molecule has 0 aromatic carbocycles. The summed E-state index contributed by atoms with van der Waals surface area (Å²) in [6.45, 7) is 1.99. The van der Waals surface area contributed by atoms with Crippen LogP contribution in [-0.4, -0.2) is 28.4 Å². The average Bonchev–Trinajstić information content (AvgIpc) is 2.96. The minimum atomic E-state index is -0.557. The molecule has 1 aromatic rings. The lowest BCUT2D eigenvalue weighted by Gasteiger charge is -2.24. The van der Waals surface area contributed by atoms with Crippen molar-refractivity contribution in [2.24, 2.45) is 0 Å². The Morgan fingerprint density at radius 3 is 2.80 bits per heavy atom. The smallest absolute Gasteiger partial charge is 0.275 e. The zero-order valence-electron chi connectivity index (χ0n) is 8.83.